The Morgan fingerprint density at radius 3 is 2.74 bits per heavy atom. The second-order valence-electron chi connectivity index (χ2n) is 5.72. The summed E-state index contributed by atoms with van der Waals surface area (Å²) in [6.45, 7) is 2.13. The number of carbonyl (C=O) groups excluding carboxylic acids is 1. The molecule has 1 saturated carbocycles. The van der Waals surface area contributed by atoms with E-state index in [1.165, 1.54) is 12.8 Å². The van der Waals surface area contributed by atoms with E-state index in [4.69, 9.17) is 5.11 Å². The van der Waals surface area contributed by atoms with Gasteiger partial charge in [-0.05, 0) is 52.6 Å². The molecule has 3 atom stereocenters. The zero-order valence-electron chi connectivity index (χ0n) is 12.5. The number of hydrogen-bond donors (Lipinski definition) is 3. The number of carbonyl (C=O) groups is 1. The average Bonchev–Trinajstić information content (AvgIpc) is 2.38. The predicted octanol–water partition coefficient (Wildman–Crippen LogP) is 1.32. The van der Waals surface area contributed by atoms with Gasteiger partial charge in [-0.15, -0.1) is 0 Å². The van der Waals surface area contributed by atoms with Gasteiger partial charge < -0.3 is 20.6 Å². The molecule has 0 aromatic heterocycles. The summed E-state index contributed by atoms with van der Waals surface area (Å²) in [5, 5.41) is 14.9. The minimum absolute atomic E-state index is 0.0678. The van der Waals surface area contributed by atoms with Crippen LogP contribution in [-0.2, 0) is 0 Å². The monoisotopic (exact) mass is 271 g/mol. The Labute approximate surface area is 116 Å². The first-order valence-corrected chi connectivity index (χ1v) is 7.41. The van der Waals surface area contributed by atoms with Crippen LogP contribution in [0.15, 0.2) is 0 Å². The lowest BCUT2D eigenvalue weighted by atomic mass is 9.90. The quantitative estimate of drug-likeness (QED) is 0.682. The molecule has 0 heterocycles. The molecule has 3 unspecified atom stereocenters. The molecule has 1 aliphatic rings. The summed E-state index contributed by atoms with van der Waals surface area (Å²) in [6, 6.07) is 0.814. The minimum Gasteiger partial charge on any atom is -0.396 e. The van der Waals surface area contributed by atoms with Crippen LogP contribution in [0, 0.1) is 0 Å². The summed E-state index contributed by atoms with van der Waals surface area (Å²) >= 11 is 0. The maximum Gasteiger partial charge on any atom is 0.315 e. The van der Waals surface area contributed by atoms with Gasteiger partial charge in [0.1, 0.15) is 0 Å². The van der Waals surface area contributed by atoms with Crippen molar-refractivity contribution in [3.05, 3.63) is 0 Å². The molecule has 1 rings (SSSR count). The van der Waals surface area contributed by atoms with Gasteiger partial charge in [0.15, 0.2) is 0 Å². The Morgan fingerprint density at radius 2 is 2.16 bits per heavy atom. The number of nitrogens with one attached hydrogen (secondary N) is 2. The van der Waals surface area contributed by atoms with E-state index in [0.29, 0.717) is 12.5 Å². The van der Waals surface area contributed by atoms with Crippen molar-refractivity contribution in [3.8, 4) is 0 Å². The van der Waals surface area contributed by atoms with Crippen molar-refractivity contribution in [2.75, 3.05) is 20.7 Å². The molecule has 0 aromatic rings. The SMILES string of the molecule is CCC(CCO)NC(=O)NC1CCCC(N(C)C)C1. The summed E-state index contributed by atoms with van der Waals surface area (Å²) in [6.07, 6.45) is 5.94. The summed E-state index contributed by atoms with van der Waals surface area (Å²) in [7, 11) is 4.20. The maximum absolute atomic E-state index is 11.9. The molecule has 112 valence electrons. The molecule has 0 saturated heterocycles. The molecule has 2 amide bonds. The molecule has 0 radical (unpaired) electrons. The van der Waals surface area contributed by atoms with Crippen LogP contribution in [0.5, 0.6) is 0 Å². The first-order chi connectivity index (χ1) is 9.06. The van der Waals surface area contributed by atoms with Crippen molar-refractivity contribution in [2.45, 2.75) is 63.6 Å². The fourth-order valence-electron chi connectivity index (χ4n) is 2.71. The highest BCUT2D eigenvalue weighted by atomic mass is 16.3. The zero-order valence-corrected chi connectivity index (χ0v) is 12.5. The van der Waals surface area contributed by atoms with Gasteiger partial charge in [0.25, 0.3) is 0 Å². The highest BCUT2D eigenvalue weighted by molar-refractivity contribution is 5.74. The molecule has 5 heteroatoms. The summed E-state index contributed by atoms with van der Waals surface area (Å²) < 4.78 is 0. The van der Waals surface area contributed by atoms with E-state index < -0.39 is 0 Å². The van der Waals surface area contributed by atoms with Crippen molar-refractivity contribution >= 4 is 6.03 Å². The van der Waals surface area contributed by atoms with E-state index in [-0.39, 0.29) is 24.7 Å². The Kier molecular flexibility index (Phi) is 7.16. The van der Waals surface area contributed by atoms with Crippen LogP contribution in [0.1, 0.15) is 45.4 Å². The molecular formula is C14H29N3O2. The van der Waals surface area contributed by atoms with Gasteiger partial charge in [0, 0.05) is 24.7 Å². The van der Waals surface area contributed by atoms with E-state index in [1.807, 2.05) is 6.92 Å². The van der Waals surface area contributed by atoms with Crippen LogP contribution in [0.25, 0.3) is 0 Å². The fraction of sp³-hybridized carbons (Fsp3) is 0.929. The van der Waals surface area contributed by atoms with Crippen LogP contribution in [0.4, 0.5) is 4.79 Å². The second kappa shape index (κ2) is 8.38. The molecular weight excluding hydrogens is 242 g/mol. The van der Waals surface area contributed by atoms with Crippen molar-refractivity contribution in [2.24, 2.45) is 0 Å². The van der Waals surface area contributed by atoms with Gasteiger partial charge in [-0.3, -0.25) is 0 Å². The number of urea groups is 1. The Hall–Kier alpha value is -0.810. The lowest BCUT2D eigenvalue weighted by Gasteiger charge is -2.34. The minimum atomic E-state index is -0.0929. The number of aliphatic hydroxyl groups excluding tert-OH is 1. The van der Waals surface area contributed by atoms with Crippen molar-refractivity contribution in [1.29, 1.82) is 0 Å². The fourth-order valence-corrected chi connectivity index (χ4v) is 2.71. The largest absolute Gasteiger partial charge is 0.396 e. The molecule has 3 N–H and O–H groups in total. The zero-order chi connectivity index (χ0) is 14.3. The van der Waals surface area contributed by atoms with E-state index in [9.17, 15) is 4.79 Å². The third kappa shape index (κ3) is 5.78. The number of nitrogens with zero attached hydrogens (tertiary/aromatic N) is 1. The molecule has 1 fully saturated rings. The number of amides is 2. The third-order valence-corrected chi connectivity index (χ3v) is 4.02. The highest BCUT2D eigenvalue weighted by Crippen LogP contribution is 2.21. The Bertz CT molecular complexity index is 271. The third-order valence-electron chi connectivity index (χ3n) is 4.02. The van der Waals surface area contributed by atoms with Gasteiger partial charge in [0.2, 0.25) is 0 Å². The number of hydrogen-bond acceptors (Lipinski definition) is 3. The van der Waals surface area contributed by atoms with Crippen LogP contribution < -0.4 is 10.6 Å². The summed E-state index contributed by atoms with van der Waals surface area (Å²) in [5.74, 6) is 0. The molecule has 19 heavy (non-hydrogen) atoms. The van der Waals surface area contributed by atoms with E-state index in [0.717, 1.165) is 19.3 Å². The topological polar surface area (TPSA) is 64.6 Å². The van der Waals surface area contributed by atoms with Crippen LogP contribution >= 0.6 is 0 Å². The Morgan fingerprint density at radius 1 is 1.42 bits per heavy atom. The first-order valence-electron chi connectivity index (χ1n) is 7.41. The van der Waals surface area contributed by atoms with Crippen molar-refractivity contribution in [1.82, 2.24) is 15.5 Å². The molecule has 5 nitrogen and oxygen atoms in total. The maximum atomic E-state index is 11.9. The van der Waals surface area contributed by atoms with Crippen molar-refractivity contribution < 1.29 is 9.90 Å². The van der Waals surface area contributed by atoms with Gasteiger partial charge in [-0.25, -0.2) is 4.79 Å². The molecule has 1 aliphatic carbocycles. The average molecular weight is 271 g/mol. The molecule has 0 spiro atoms. The summed E-state index contributed by atoms with van der Waals surface area (Å²) in [5.41, 5.74) is 0. The standard InChI is InChI=1S/C14H29N3O2/c1-4-11(8-9-18)15-14(19)16-12-6-5-7-13(10-12)17(2)3/h11-13,18H,4-10H2,1-3H3,(H2,15,16,19). The molecule has 0 aromatic carbocycles. The van der Waals surface area contributed by atoms with Gasteiger partial charge in [0.05, 0.1) is 0 Å². The highest BCUT2D eigenvalue weighted by Gasteiger charge is 2.24. The normalized spacial score (nSPS) is 25.1. The first kappa shape index (κ1) is 16.2. The predicted molar refractivity (Wildman–Crippen MR) is 77.2 cm³/mol. The van der Waals surface area contributed by atoms with Gasteiger partial charge >= 0.3 is 6.03 Å². The molecule has 0 bridgehead atoms. The van der Waals surface area contributed by atoms with E-state index in [2.05, 4.69) is 29.6 Å². The lowest BCUT2D eigenvalue weighted by molar-refractivity contribution is 0.190. The smallest absolute Gasteiger partial charge is 0.315 e. The Balaban J connectivity index is 2.35. The summed E-state index contributed by atoms with van der Waals surface area (Å²) in [4.78, 5) is 14.2. The van der Waals surface area contributed by atoms with Crippen LogP contribution in [-0.4, -0.2) is 54.9 Å². The van der Waals surface area contributed by atoms with E-state index in [1.54, 1.807) is 0 Å². The van der Waals surface area contributed by atoms with Gasteiger partial charge in [-0.2, -0.15) is 0 Å². The van der Waals surface area contributed by atoms with Crippen LogP contribution in [0.3, 0.4) is 0 Å². The van der Waals surface area contributed by atoms with Crippen molar-refractivity contribution in [3.63, 3.8) is 0 Å². The second-order valence-corrected chi connectivity index (χ2v) is 5.72. The number of rotatable bonds is 6. The lowest BCUT2D eigenvalue weighted by Crippen LogP contribution is -2.49. The van der Waals surface area contributed by atoms with Gasteiger partial charge in [-0.1, -0.05) is 6.92 Å². The number of aliphatic hydroxyl groups is 1. The molecule has 0 aliphatic heterocycles. The van der Waals surface area contributed by atoms with E-state index >= 15 is 0 Å². The van der Waals surface area contributed by atoms with Crippen LogP contribution in [0.2, 0.25) is 0 Å².